The highest BCUT2D eigenvalue weighted by atomic mass is 16.5. The van der Waals surface area contributed by atoms with Gasteiger partial charge in [0.15, 0.2) is 0 Å². The largest absolute Gasteiger partial charge is 0.497 e. The van der Waals surface area contributed by atoms with Crippen LogP contribution in [0.2, 0.25) is 0 Å². The lowest BCUT2D eigenvalue weighted by atomic mass is 10.1. The number of ether oxygens (including phenoxy) is 3. The maximum atomic E-state index is 11.5. The van der Waals surface area contributed by atoms with E-state index in [4.69, 9.17) is 14.7 Å². The summed E-state index contributed by atoms with van der Waals surface area (Å²) < 4.78 is 14.6. The van der Waals surface area contributed by atoms with E-state index in [1.54, 1.807) is 0 Å². The first-order valence-electron chi connectivity index (χ1n) is 4.42. The molecule has 0 aliphatic carbocycles. The quantitative estimate of drug-likeness (QED) is 0.721. The first kappa shape index (κ1) is 11.9. The zero-order chi connectivity index (χ0) is 12.1. The molecule has 84 valence electrons. The molecule has 1 aromatic rings. The van der Waals surface area contributed by atoms with Crippen LogP contribution in [0.15, 0.2) is 12.1 Å². The number of hydrogen-bond acceptors (Lipinski definition) is 5. The molecule has 0 atom stereocenters. The maximum absolute atomic E-state index is 11.5. The number of methoxy groups -OCH3 is 3. The van der Waals surface area contributed by atoms with Crippen LogP contribution in [0, 0.1) is 11.3 Å². The second-order valence-electron chi connectivity index (χ2n) is 2.86. The molecule has 0 aromatic heterocycles. The first-order valence-corrected chi connectivity index (χ1v) is 4.42. The number of carbonyl (C=O) groups excluding carboxylic acids is 1. The molecule has 0 bridgehead atoms. The second kappa shape index (κ2) is 5.03. The standard InChI is InChI=1S/C11H11NO4/c1-14-8-4-7(6-12)10(11(13)16-3)9(5-8)15-2/h4-5H,1-3H3. The van der Waals surface area contributed by atoms with Crippen LogP contribution in [0.4, 0.5) is 0 Å². The minimum atomic E-state index is -0.615. The van der Waals surface area contributed by atoms with E-state index >= 15 is 0 Å². The Morgan fingerprint density at radius 1 is 1.25 bits per heavy atom. The van der Waals surface area contributed by atoms with Gasteiger partial charge < -0.3 is 14.2 Å². The summed E-state index contributed by atoms with van der Waals surface area (Å²) in [6.45, 7) is 0. The predicted molar refractivity (Wildman–Crippen MR) is 55.6 cm³/mol. The van der Waals surface area contributed by atoms with Crippen LogP contribution in [-0.2, 0) is 4.74 Å². The van der Waals surface area contributed by atoms with Gasteiger partial charge in [0.05, 0.1) is 26.9 Å². The molecule has 0 spiro atoms. The molecule has 0 aliphatic heterocycles. The van der Waals surface area contributed by atoms with Crippen molar-refractivity contribution in [1.29, 1.82) is 5.26 Å². The van der Waals surface area contributed by atoms with Crippen molar-refractivity contribution in [2.24, 2.45) is 0 Å². The zero-order valence-corrected chi connectivity index (χ0v) is 9.23. The third kappa shape index (κ3) is 2.06. The fourth-order valence-corrected chi connectivity index (χ4v) is 1.27. The molecule has 16 heavy (non-hydrogen) atoms. The molecule has 0 radical (unpaired) electrons. The molecule has 0 heterocycles. The Balaban J connectivity index is 3.45. The van der Waals surface area contributed by atoms with Crippen LogP contribution >= 0.6 is 0 Å². The highest BCUT2D eigenvalue weighted by Gasteiger charge is 2.19. The van der Waals surface area contributed by atoms with Crippen LogP contribution in [0.1, 0.15) is 15.9 Å². The normalized spacial score (nSPS) is 9.12. The number of nitriles is 1. The minimum Gasteiger partial charge on any atom is -0.497 e. The molecular weight excluding hydrogens is 210 g/mol. The summed E-state index contributed by atoms with van der Waals surface area (Å²) in [5, 5.41) is 8.93. The number of nitrogens with zero attached hydrogens (tertiary/aromatic N) is 1. The molecule has 1 aromatic carbocycles. The lowest BCUT2D eigenvalue weighted by molar-refractivity contribution is 0.0596. The molecule has 0 amide bonds. The van der Waals surface area contributed by atoms with Crippen LogP contribution in [0.3, 0.4) is 0 Å². The lowest BCUT2D eigenvalue weighted by Gasteiger charge is -2.10. The summed E-state index contributed by atoms with van der Waals surface area (Å²) in [6.07, 6.45) is 0. The van der Waals surface area contributed by atoms with Crippen LogP contribution in [0.5, 0.6) is 11.5 Å². The third-order valence-electron chi connectivity index (χ3n) is 2.04. The number of hydrogen-bond donors (Lipinski definition) is 0. The molecule has 0 N–H and O–H groups in total. The summed E-state index contributed by atoms with van der Waals surface area (Å²) in [5.74, 6) is 0.0832. The average molecular weight is 221 g/mol. The fourth-order valence-electron chi connectivity index (χ4n) is 1.27. The van der Waals surface area contributed by atoms with Crippen molar-refractivity contribution in [2.75, 3.05) is 21.3 Å². The number of rotatable bonds is 3. The Kier molecular flexibility index (Phi) is 3.72. The van der Waals surface area contributed by atoms with Crippen molar-refractivity contribution in [2.45, 2.75) is 0 Å². The molecule has 0 aliphatic rings. The Morgan fingerprint density at radius 3 is 2.38 bits per heavy atom. The Morgan fingerprint density at radius 2 is 1.94 bits per heavy atom. The Bertz CT molecular complexity index is 448. The first-order chi connectivity index (χ1) is 7.67. The number of benzene rings is 1. The highest BCUT2D eigenvalue weighted by molar-refractivity contribution is 5.95. The summed E-state index contributed by atoms with van der Waals surface area (Å²) in [7, 11) is 4.11. The van der Waals surface area contributed by atoms with Crippen molar-refractivity contribution in [3.63, 3.8) is 0 Å². The molecule has 0 saturated carbocycles. The van der Waals surface area contributed by atoms with E-state index in [9.17, 15) is 4.79 Å². The van der Waals surface area contributed by atoms with Gasteiger partial charge in [-0.25, -0.2) is 4.79 Å². The van der Waals surface area contributed by atoms with E-state index in [-0.39, 0.29) is 16.9 Å². The van der Waals surface area contributed by atoms with Crippen molar-refractivity contribution in [1.82, 2.24) is 0 Å². The van der Waals surface area contributed by atoms with Gasteiger partial charge in [0.2, 0.25) is 0 Å². The van der Waals surface area contributed by atoms with Gasteiger partial charge in [-0.05, 0) is 6.07 Å². The molecule has 0 saturated heterocycles. The van der Waals surface area contributed by atoms with Gasteiger partial charge in [-0.2, -0.15) is 5.26 Å². The van der Waals surface area contributed by atoms with E-state index in [0.717, 1.165) is 0 Å². The topological polar surface area (TPSA) is 68.6 Å². The highest BCUT2D eigenvalue weighted by Crippen LogP contribution is 2.28. The van der Waals surface area contributed by atoms with Crippen molar-refractivity contribution in [3.8, 4) is 17.6 Å². The predicted octanol–water partition coefficient (Wildman–Crippen LogP) is 1.36. The van der Waals surface area contributed by atoms with Crippen LogP contribution in [-0.4, -0.2) is 27.3 Å². The van der Waals surface area contributed by atoms with Crippen LogP contribution in [0.25, 0.3) is 0 Å². The monoisotopic (exact) mass is 221 g/mol. The maximum Gasteiger partial charge on any atom is 0.343 e. The molecule has 1 rings (SSSR count). The van der Waals surface area contributed by atoms with Crippen molar-refractivity contribution < 1.29 is 19.0 Å². The molecule has 5 nitrogen and oxygen atoms in total. The molecular formula is C11H11NO4. The molecule has 0 unspecified atom stereocenters. The number of esters is 1. The second-order valence-corrected chi connectivity index (χ2v) is 2.86. The van der Waals surface area contributed by atoms with E-state index in [2.05, 4.69) is 4.74 Å². The van der Waals surface area contributed by atoms with E-state index in [1.165, 1.54) is 33.5 Å². The smallest absolute Gasteiger partial charge is 0.343 e. The van der Waals surface area contributed by atoms with Gasteiger partial charge >= 0.3 is 5.97 Å². The Labute approximate surface area is 93.2 Å². The Hall–Kier alpha value is -2.22. The van der Waals surface area contributed by atoms with Gasteiger partial charge in [0, 0.05) is 6.07 Å². The zero-order valence-electron chi connectivity index (χ0n) is 9.23. The van der Waals surface area contributed by atoms with Gasteiger partial charge in [-0.3, -0.25) is 0 Å². The van der Waals surface area contributed by atoms with Crippen molar-refractivity contribution in [3.05, 3.63) is 23.3 Å². The van der Waals surface area contributed by atoms with Gasteiger partial charge in [-0.1, -0.05) is 0 Å². The third-order valence-corrected chi connectivity index (χ3v) is 2.04. The summed E-state index contributed by atoms with van der Waals surface area (Å²) in [5.41, 5.74) is 0.261. The van der Waals surface area contributed by atoms with Gasteiger partial charge in [-0.15, -0.1) is 0 Å². The summed E-state index contributed by atoms with van der Waals surface area (Å²) in [6, 6.07) is 4.87. The van der Waals surface area contributed by atoms with E-state index in [0.29, 0.717) is 5.75 Å². The number of carbonyl (C=O) groups is 1. The fraction of sp³-hybridized carbons (Fsp3) is 0.273. The van der Waals surface area contributed by atoms with E-state index in [1.807, 2.05) is 6.07 Å². The minimum absolute atomic E-state index is 0.105. The van der Waals surface area contributed by atoms with Crippen LogP contribution < -0.4 is 9.47 Å². The average Bonchev–Trinajstić information content (AvgIpc) is 2.35. The summed E-state index contributed by atoms with van der Waals surface area (Å²) in [4.78, 5) is 11.5. The van der Waals surface area contributed by atoms with Crippen molar-refractivity contribution >= 4 is 5.97 Å². The lowest BCUT2D eigenvalue weighted by Crippen LogP contribution is -2.07. The molecule has 5 heteroatoms. The van der Waals surface area contributed by atoms with E-state index < -0.39 is 5.97 Å². The van der Waals surface area contributed by atoms with Gasteiger partial charge in [0.25, 0.3) is 0 Å². The SMILES string of the molecule is COC(=O)c1c(C#N)cc(OC)cc1OC. The molecule has 0 fully saturated rings. The summed E-state index contributed by atoms with van der Waals surface area (Å²) >= 11 is 0. The van der Waals surface area contributed by atoms with Gasteiger partial charge in [0.1, 0.15) is 23.1 Å².